The molecule has 2 heterocycles. The Balaban J connectivity index is 1.74. The van der Waals surface area contributed by atoms with Crippen LogP contribution in [0.3, 0.4) is 0 Å². The largest absolute Gasteiger partial charge is 0.472 e. The van der Waals surface area contributed by atoms with Crippen LogP contribution in [0.2, 0.25) is 0 Å². The molecule has 0 spiro atoms. The molecule has 2 aromatic rings. The van der Waals surface area contributed by atoms with E-state index in [9.17, 15) is 23.2 Å². The number of hydrogen-bond donors (Lipinski definition) is 0. The molecule has 2 amide bonds. The zero-order valence-electron chi connectivity index (χ0n) is 12.5. The summed E-state index contributed by atoms with van der Waals surface area (Å²) in [7, 11) is 0. The SMILES string of the molecule is O=C(ON1C(=O)c2ccccc2C1=O)c1ccnc(OCC(F)F)c1. The molecule has 0 saturated carbocycles. The number of carbonyl (C=O) groups is 3. The summed E-state index contributed by atoms with van der Waals surface area (Å²) in [5, 5.41) is 0.354. The third-order valence-electron chi connectivity index (χ3n) is 3.26. The van der Waals surface area contributed by atoms with E-state index in [1.54, 1.807) is 12.1 Å². The van der Waals surface area contributed by atoms with Gasteiger partial charge in [0, 0.05) is 12.3 Å². The molecular weight excluding hydrogens is 338 g/mol. The van der Waals surface area contributed by atoms with E-state index in [0.717, 1.165) is 12.3 Å². The Morgan fingerprint density at radius 3 is 2.36 bits per heavy atom. The Morgan fingerprint density at radius 2 is 1.76 bits per heavy atom. The number of hydroxylamine groups is 2. The summed E-state index contributed by atoms with van der Waals surface area (Å²) in [5.41, 5.74) is 0.128. The second kappa shape index (κ2) is 6.63. The fourth-order valence-electron chi connectivity index (χ4n) is 2.15. The first-order valence-corrected chi connectivity index (χ1v) is 7.04. The Bertz CT molecular complexity index is 821. The molecular formula is C16H10F2N2O5. The van der Waals surface area contributed by atoms with Crippen LogP contribution in [0.25, 0.3) is 0 Å². The van der Waals surface area contributed by atoms with E-state index < -0.39 is 30.8 Å². The number of ether oxygens (including phenoxy) is 1. The maximum atomic E-state index is 12.1. The lowest BCUT2D eigenvalue weighted by Gasteiger charge is -2.13. The van der Waals surface area contributed by atoms with Crippen molar-refractivity contribution in [2.75, 3.05) is 6.61 Å². The molecule has 0 saturated heterocycles. The molecule has 1 aromatic carbocycles. The molecule has 1 aromatic heterocycles. The Labute approximate surface area is 139 Å². The minimum atomic E-state index is -2.70. The lowest BCUT2D eigenvalue weighted by Crippen LogP contribution is -2.32. The van der Waals surface area contributed by atoms with E-state index >= 15 is 0 Å². The third kappa shape index (κ3) is 3.30. The summed E-state index contributed by atoms with van der Waals surface area (Å²) < 4.78 is 29.0. The zero-order chi connectivity index (χ0) is 18.0. The van der Waals surface area contributed by atoms with Crippen molar-refractivity contribution in [1.82, 2.24) is 10.0 Å². The van der Waals surface area contributed by atoms with E-state index in [1.165, 1.54) is 18.2 Å². The van der Waals surface area contributed by atoms with Crippen LogP contribution in [0.5, 0.6) is 5.88 Å². The van der Waals surface area contributed by atoms with Crippen molar-refractivity contribution in [2.24, 2.45) is 0 Å². The fourth-order valence-corrected chi connectivity index (χ4v) is 2.15. The van der Waals surface area contributed by atoms with Crippen LogP contribution in [0.1, 0.15) is 31.1 Å². The third-order valence-corrected chi connectivity index (χ3v) is 3.26. The molecule has 7 nitrogen and oxygen atoms in total. The van der Waals surface area contributed by atoms with Crippen molar-refractivity contribution in [1.29, 1.82) is 0 Å². The number of benzene rings is 1. The number of imide groups is 1. The summed E-state index contributed by atoms with van der Waals surface area (Å²) in [6.45, 7) is -0.885. The minimum absolute atomic E-state index is 0.115. The fraction of sp³-hybridized carbons (Fsp3) is 0.125. The molecule has 0 radical (unpaired) electrons. The standard InChI is InChI=1S/C16H10F2N2O5/c17-12(18)8-24-13-7-9(5-6-19-13)16(23)25-20-14(21)10-3-1-2-4-11(10)15(20)22/h1-7,12H,8H2. The Hall–Kier alpha value is -3.36. The van der Waals surface area contributed by atoms with Gasteiger partial charge in [0.15, 0.2) is 6.61 Å². The van der Waals surface area contributed by atoms with E-state index in [2.05, 4.69) is 4.98 Å². The van der Waals surface area contributed by atoms with Gasteiger partial charge >= 0.3 is 5.97 Å². The number of hydrogen-bond acceptors (Lipinski definition) is 6. The second-order valence-electron chi connectivity index (χ2n) is 4.91. The molecule has 0 atom stereocenters. The van der Waals surface area contributed by atoms with E-state index in [1.807, 2.05) is 0 Å². The minimum Gasteiger partial charge on any atom is -0.472 e. The average Bonchev–Trinajstić information content (AvgIpc) is 2.85. The van der Waals surface area contributed by atoms with Gasteiger partial charge in [0.2, 0.25) is 5.88 Å². The molecule has 3 rings (SSSR count). The van der Waals surface area contributed by atoms with Crippen molar-refractivity contribution in [3.05, 3.63) is 59.3 Å². The van der Waals surface area contributed by atoms with Gasteiger partial charge in [-0.2, -0.15) is 0 Å². The number of pyridine rings is 1. The predicted octanol–water partition coefficient (Wildman–Crippen LogP) is 2.09. The molecule has 128 valence electrons. The lowest BCUT2D eigenvalue weighted by atomic mass is 10.1. The van der Waals surface area contributed by atoms with Crippen LogP contribution in [-0.2, 0) is 4.84 Å². The highest BCUT2D eigenvalue weighted by Gasteiger charge is 2.38. The lowest BCUT2D eigenvalue weighted by molar-refractivity contribution is -0.0584. The predicted molar refractivity (Wildman–Crippen MR) is 78.1 cm³/mol. The molecule has 0 aliphatic carbocycles. The average molecular weight is 348 g/mol. The second-order valence-corrected chi connectivity index (χ2v) is 4.91. The van der Waals surface area contributed by atoms with Crippen LogP contribution in [-0.4, -0.2) is 40.9 Å². The van der Waals surface area contributed by atoms with Crippen molar-refractivity contribution in [3.63, 3.8) is 0 Å². The highest BCUT2D eigenvalue weighted by atomic mass is 19.3. The first kappa shape index (κ1) is 16.5. The first-order valence-electron chi connectivity index (χ1n) is 7.04. The molecule has 0 fully saturated rings. The van der Waals surface area contributed by atoms with Crippen molar-refractivity contribution in [3.8, 4) is 5.88 Å². The summed E-state index contributed by atoms with van der Waals surface area (Å²) >= 11 is 0. The van der Waals surface area contributed by atoms with Gasteiger partial charge in [0.05, 0.1) is 16.7 Å². The molecule has 9 heteroatoms. The van der Waals surface area contributed by atoms with Crippen molar-refractivity contribution in [2.45, 2.75) is 6.43 Å². The molecule has 25 heavy (non-hydrogen) atoms. The molecule has 0 bridgehead atoms. The van der Waals surface area contributed by atoms with Crippen LogP contribution in [0.4, 0.5) is 8.78 Å². The summed E-state index contributed by atoms with van der Waals surface area (Å²) in [6.07, 6.45) is -1.55. The van der Waals surface area contributed by atoms with Crippen LogP contribution in [0.15, 0.2) is 42.6 Å². The summed E-state index contributed by atoms with van der Waals surface area (Å²) in [6, 6.07) is 8.33. The van der Waals surface area contributed by atoms with Gasteiger partial charge in [-0.15, -0.1) is 0 Å². The monoisotopic (exact) mass is 348 g/mol. The van der Waals surface area contributed by atoms with Gasteiger partial charge < -0.3 is 9.57 Å². The van der Waals surface area contributed by atoms with Crippen LogP contribution in [0, 0.1) is 0 Å². The summed E-state index contributed by atoms with van der Waals surface area (Å²) in [4.78, 5) is 44.9. The van der Waals surface area contributed by atoms with Gasteiger partial charge in [-0.25, -0.2) is 18.6 Å². The Kier molecular flexibility index (Phi) is 4.38. The van der Waals surface area contributed by atoms with E-state index in [4.69, 9.17) is 9.57 Å². The number of amides is 2. The van der Waals surface area contributed by atoms with Gasteiger partial charge in [-0.1, -0.05) is 17.2 Å². The highest BCUT2D eigenvalue weighted by molar-refractivity contribution is 6.21. The van der Waals surface area contributed by atoms with Crippen molar-refractivity contribution < 1.29 is 32.7 Å². The highest BCUT2D eigenvalue weighted by Crippen LogP contribution is 2.23. The number of rotatable bonds is 5. The van der Waals surface area contributed by atoms with E-state index in [-0.39, 0.29) is 22.6 Å². The molecule has 0 N–H and O–H groups in total. The first-order chi connectivity index (χ1) is 12.0. The number of fused-ring (bicyclic) bond motifs is 1. The van der Waals surface area contributed by atoms with Crippen LogP contribution < -0.4 is 4.74 Å². The number of aromatic nitrogens is 1. The molecule has 0 unspecified atom stereocenters. The van der Waals surface area contributed by atoms with E-state index in [0.29, 0.717) is 5.06 Å². The van der Waals surface area contributed by atoms with Gasteiger partial charge in [0.1, 0.15) is 0 Å². The zero-order valence-corrected chi connectivity index (χ0v) is 12.5. The maximum absolute atomic E-state index is 12.1. The molecule has 1 aliphatic rings. The topological polar surface area (TPSA) is 85.8 Å². The van der Waals surface area contributed by atoms with Gasteiger partial charge in [0.25, 0.3) is 18.2 Å². The number of alkyl halides is 2. The van der Waals surface area contributed by atoms with Gasteiger partial charge in [-0.3, -0.25) is 9.59 Å². The number of nitrogens with zero attached hydrogens (tertiary/aromatic N) is 2. The van der Waals surface area contributed by atoms with Crippen molar-refractivity contribution >= 4 is 17.8 Å². The number of carbonyl (C=O) groups excluding carboxylic acids is 3. The smallest absolute Gasteiger partial charge is 0.364 e. The summed E-state index contributed by atoms with van der Waals surface area (Å²) in [5.74, 6) is -2.77. The number of halogens is 2. The Morgan fingerprint density at radius 1 is 1.12 bits per heavy atom. The van der Waals surface area contributed by atoms with Crippen LogP contribution >= 0.6 is 0 Å². The molecule has 1 aliphatic heterocycles. The quantitative estimate of drug-likeness (QED) is 0.769. The maximum Gasteiger partial charge on any atom is 0.364 e. The van der Waals surface area contributed by atoms with Gasteiger partial charge in [-0.05, 0) is 18.2 Å². The normalized spacial score (nSPS) is 13.2.